The first-order valence-corrected chi connectivity index (χ1v) is 35.6. The molecule has 0 heterocycles. The van der Waals surface area contributed by atoms with Crippen LogP contribution in [-0.2, 0) is 28.6 Å². The van der Waals surface area contributed by atoms with Crippen molar-refractivity contribution < 1.29 is 28.6 Å². The molecule has 0 aromatic heterocycles. The fraction of sp³-hybridized carbons (Fsp3) is 0.776. The predicted octanol–water partition coefficient (Wildman–Crippen LogP) is 24.6. The molecule has 0 aliphatic carbocycles. The summed E-state index contributed by atoms with van der Waals surface area (Å²) >= 11 is 0. The molecule has 1 atom stereocenters. The average Bonchev–Trinajstić information content (AvgIpc) is 3.48. The van der Waals surface area contributed by atoms with Crippen molar-refractivity contribution >= 4 is 17.9 Å². The van der Waals surface area contributed by atoms with Crippen LogP contribution < -0.4 is 0 Å². The number of carbonyl (C=O) groups excluding carboxylic acids is 3. The molecular weight excluding hydrogens is 1010 g/mol. The molecule has 0 aromatic rings. The van der Waals surface area contributed by atoms with Crippen molar-refractivity contribution in [2.45, 2.75) is 367 Å². The molecule has 474 valence electrons. The van der Waals surface area contributed by atoms with Crippen molar-refractivity contribution in [2.75, 3.05) is 13.2 Å². The molecule has 0 aromatic carbocycles. The second kappa shape index (κ2) is 70.1. The van der Waals surface area contributed by atoms with Gasteiger partial charge >= 0.3 is 17.9 Å². The lowest BCUT2D eigenvalue weighted by atomic mass is 10.0. The lowest BCUT2D eigenvalue weighted by Gasteiger charge is -2.18. The Labute approximate surface area is 509 Å². The van der Waals surface area contributed by atoms with Crippen LogP contribution in [-0.4, -0.2) is 37.2 Å². The van der Waals surface area contributed by atoms with E-state index < -0.39 is 6.10 Å². The number of hydrogen-bond acceptors (Lipinski definition) is 6. The third-order valence-electron chi connectivity index (χ3n) is 15.6. The van der Waals surface area contributed by atoms with Crippen molar-refractivity contribution in [3.8, 4) is 0 Å². The van der Waals surface area contributed by atoms with E-state index in [0.29, 0.717) is 19.3 Å². The number of unbranched alkanes of at least 4 members (excludes halogenated alkanes) is 40. The van der Waals surface area contributed by atoms with Crippen LogP contribution in [0.25, 0.3) is 0 Å². The summed E-state index contributed by atoms with van der Waals surface area (Å²) in [4.78, 5) is 38.4. The summed E-state index contributed by atoms with van der Waals surface area (Å²) in [5.74, 6) is -0.862. The highest BCUT2D eigenvalue weighted by Crippen LogP contribution is 2.18. The highest BCUT2D eigenvalue weighted by atomic mass is 16.6. The third kappa shape index (κ3) is 67.4. The molecule has 0 saturated carbocycles. The van der Waals surface area contributed by atoms with Gasteiger partial charge in [0.25, 0.3) is 0 Å². The van der Waals surface area contributed by atoms with E-state index in [1.807, 2.05) is 0 Å². The molecule has 0 aliphatic rings. The second-order valence-corrected chi connectivity index (χ2v) is 23.7. The highest BCUT2D eigenvalue weighted by Gasteiger charge is 2.19. The second-order valence-electron chi connectivity index (χ2n) is 23.7. The van der Waals surface area contributed by atoms with Gasteiger partial charge in [-0.1, -0.05) is 337 Å². The van der Waals surface area contributed by atoms with Gasteiger partial charge in [0.1, 0.15) is 13.2 Å². The third-order valence-corrected chi connectivity index (χ3v) is 15.6. The van der Waals surface area contributed by atoms with Gasteiger partial charge in [-0.3, -0.25) is 14.4 Å². The van der Waals surface area contributed by atoms with Crippen LogP contribution in [0.3, 0.4) is 0 Å². The standard InChI is InChI=1S/C76H134O6/c1-4-7-10-13-16-19-22-25-28-31-32-33-34-35-36-37-38-39-40-41-42-43-44-46-48-51-54-57-60-63-66-69-75(78)81-72-73(71-80-74(77)68-65-62-59-56-53-50-47-30-27-24-21-18-15-12-9-6-3)82-76(79)70-67-64-61-58-55-52-49-45-29-26-23-20-17-14-11-8-5-2/h7-8,10-11,16-17,19-20,25-26,28-29,32-33,73H,4-6,9,12-15,18,21-24,27,30-31,34-72H2,1-3H3/b10-7-,11-8-,19-16-,20-17-,28-25-,29-26-,33-32-. The van der Waals surface area contributed by atoms with E-state index >= 15 is 0 Å². The summed E-state index contributed by atoms with van der Waals surface area (Å²) in [6, 6.07) is 0. The van der Waals surface area contributed by atoms with Gasteiger partial charge in [-0.2, -0.15) is 0 Å². The first-order chi connectivity index (χ1) is 40.5. The first-order valence-electron chi connectivity index (χ1n) is 35.6. The quantitative estimate of drug-likeness (QED) is 0.0261. The average molecular weight is 1140 g/mol. The summed E-state index contributed by atoms with van der Waals surface area (Å²) in [5.41, 5.74) is 0. The molecule has 1 unspecified atom stereocenters. The molecule has 0 amide bonds. The largest absolute Gasteiger partial charge is 0.462 e. The summed E-state index contributed by atoms with van der Waals surface area (Å²) in [6.07, 6.45) is 93.3. The van der Waals surface area contributed by atoms with Crippen LogP contribution in [0.2, 0.25) is 0 Å². The number of rotatable bonds is 65. The fourth-order valence-electron chi connectivity index (χ4n) is 10.4. The number of esters is 3. The maximum Gasteiger partial charge on any atom is 0.306 e. The Morgan fingerprint density at radius 3 is 0.744 bits per heavy atom. The minimum Gasteiger partial charge on any atom is -0.462 e. The zero-order valence-corrected chi connectivity index (χ0v) is 54.5. The minimum absolute atomic E-state index is 0.0749. The molecule has 6 heteroatoms. The van der Waals surface area contributed by atoms with Crippen molar-refractivity contribution in [1.82, 2.24) is 0 Å². The van der Waals surface area contributed by atoms with Crippen molar-refractivity contribution in [3.63, 3.8) is 0 Å². The van der Waals surface area contributed by atoms with Crippen LogP contribution in [0.5, 0.6) is 0 Å². The van der Waals surface area contributed by atoms with Crippen LogP contribution >= 0.6 is 0 Å². The van der Waals surface area contributed by atoms with Crippen LogP contribution in [0, 0.1) is 0 Å². The monoisotopic (exact) mass is 1140 g/mol. The van der Waals surface area contributed by atoms with E-state index in [1.54, 1.807) is 0 Å². The Morgan fingerprint density at radius 1 is 0.256 bits per heavy atom. The van der Waals surface area contributed by atoms with E-state index in [9.17, 15) is 14.4 Å². The Balaban J connectivity index is 4.22. The summed E-state index contributed by atoms with van der Waals surface area (Å²) in [7, 11) is 0. The fourth-order valence-corrected chi connectivity index (χ4v) is 10.4. The summed E-state index contributed by atoms with van der Waals surface area (Å²) in [6.45, 7) is 6.47. The van der Waals surface area contributed by atoms with Crippen LogP contribution in [0.4, 0.5) is 0 Å². The SMILES string of the molecule is CC/C=C\C/C=C\C/C=C\C/C=C\CCCCCCCCCCCCCCCCCCCCC(=O)OCC(COC(=O)CCCCCCCCCCCCCCCCCC)OC(=O)CCCCCCCCC/C=C\C/C=C\C/C=C\CC. The first kappa shape index (κ1) is 78.6. The molecule has 0 spiro atoms. The Bertz CT molecular complexity index is 1550. The van der Waals surface area contributed by atoms with Gasteiger partial charge in [0, 0.05) is 19.3 Å². The minimum atomic E-state index is -0.780. The van der Waals surface area contributed by atoms with Crippen LogP contribution in [0.15, 0.2) is 85.1 Å². The van der Waals surface area contributed by atoms with Gasteiger partial charge in [0.2, 0.25) is 0 Å². The maximum absolute atomic E-state index is 12.9. The lowest BCUT2D eigenvalue weighted by Crippen LogP contribution is -2.30. The molecule has 0 saturated heterocycles. The maximum atomic E-state index is 12.9. The molecule has 6 nitrogen and oxygen atoms in total. The molecular formula is C76H134O6. The van der Waals surface area contributed by atoms with Gasteiger partial charge in [-0.25, -0.2) is 0 Å². The molecule has 0 aliphatic heterocycles. The van der Waals surface area contributed by atoms with E-state index in [4.69, 9.17) is 14.2 Å². The van der Waals surface area contributed by atoms with Gasteiger partial charge in [0.15, 0.2) is 6.10 Å². The number of ether oxygens (including phenoxy) is 3. The van der Waals surface area contributed by atoms with E-state index in [0.717, 1.165) is 109 Å². The van der Waals surface area contributed by atoms with Gasteiger partial charge in [-0.15, -0.1) is 0 Å². The smallest absolute Gasteiger partial charge is 0.306 e. The Kier molecular flexibility index (Phi) is 67.2. The lowest BCUT2D eigenvalue weighted by molar-refractivity contribution is -0.167. The zero-order chi connectivity index (χ0) is 59.2. The number of carbonyl (C=O) groups is 3. The van der Waals surface area contributed by atoms with Crippen LogP contribution in [0.1, 0.15) is 361 Å². The summed E-state index contributed by atoms with van der Waals surface area (Å²) in [5, 5.41) is 0. The molecule has 0 N–H and O–H groups in total. The topological polar surface area (TPSA) is 78.9 Å². The molecule has 0 fully saturated rings. The molecule has 0 rings (SSSR count). The molecule has 82 heavy (non-hydrogen) atoms. The number of hydrogen-bond donors (Lipinski definition) is 0. The van der Waals surface area contributed by atoms with E-state index in [-0.39, 0.29) is 31.1 Å². The zero-order valence-electron chi connectivity index (χ0n) is 54.5. The normalized spacial score (nSPS) is 12.6. The Morgan fingerprint density at radius 2 is 0.476 bits per heavy atom. The van der Waals surface area contributed by atoms with Crippen molar-refractivity contribution in [3.05, 3.63) is 85.1 Å². The molecule has 0 bridgehead atoms. The van der Waals surface area contributed by atoms with Crippen molar-refractivity contribution in [1.29, 1.82) is 0 Å². The van der Waals surface area contributed by atoms with Gasteiger partial charge in [-0.05, 0) is 89.9 Å². The van der Waals surface area contributed by atoms with Gasteiger partial charge < -0.3 is 14.2 Å². The summed E-state index contributed by atoms with van der Waals surface area (Å²) < 4.78 is 17.0. The van der Waals surface area contributed by atoms with E-state index in [1.165, 1.54) is 212 Å². The van der Waals surface area contributed by atoms with Crippen molar-refractivity contribution in [2.24, 2.45) is 0 Å². The Hall–Kier alpha value is -3.41. The predicted molar refractivity (Wildman–Crippen MR) is 358 cm³/mol. The van der Waals surface area contributed by atoms with E-state index in [2.05, 4.69) is 106 Å². The molecule has 0 radical (unpaired) electrons. The highest BCUT2D eigenvalue weighted by molar-refractivity contribution is 5.71. The number of allylic oxidation sites excluding steroid dienone is 14. The van der Waals surface area contributed by atoms with Gasteiger partial charge in [0.05, 0.1) is 0 Å².